The monoisotopic (exact) mass is 370 g/mol. The van der Waals surface area contributed by atoms with E-state index in [0.717, 1.165) is 47.0 Å². The lowest BCUT2D eigenvalue weighted by atomic mass is 9.87. The number of nitrogens with one attached hydrogen (secondary N) is 1. The van der Waals surface area contributed by atoms with Crippen molar-refractivity contribution >= 4 is 35.0 Å². The zero-order chi connectivity index (χ0) is 17.6. The van der Waals surface area contributed by atoms with Gasteiger partial charge in [0.1, 0.15) is 5.58 Å². The fourth-order valence-corrected chi connectivity index (χ4v) is 3.81. The van der Waals surface area contributed by atoms with E-state index in [1.165, 1.54) is 11.1 Å². The van der Waals surface area contributed by atoms with Gasteiger partial charge in [-0.05, 0) is 61.9 Å². The molecule has 0 saturated heterocycles. The van der Waals surface area contributed by atoms with E-state index in [4.69, 9.17) is 10.2 Å². The molecule has 0 radical (unpaired) electrons. The second-order valence-corrected chi connectivity index (χ2v) is 6.88. The molecule has 136 valence electrons. The molecular formula is C21H23ClN2O2. The Morgan fingerprint density at radius 3 is 2.81 bits per heavy atom. The molecule has 1 aromatic heterocycles. The quantitative estimate of drug-likeness (QED) is 0.633. The average Bonchev–Trinajstić information content (AvgIpc) is 2.93. The highest BCUT2D eigenvalue weighted by Crippen LogP contribution is 2.32. The normalized spacial score (nSPS) is 16.0. The van der Waals surface area contributed by atoms with Crippen molar-refractivity contribution in [3.8, 4) is 0 Å². The molecule has 4 rings (SSSR count). The smallest absolute Gasteiger partial charge is 0.287 e. The molecule has 1 aliphatic carbocycles. The van der Waals surface area contributed by atoms with Crippen LogP contribution in [0.3, 0.4) is 0 Å². The number of halogens is 1. The van der Waals surface area contributed by atoms with Crippen LogP contribution in [0.4, 0.5) is 5.69 Å². The molecular weight excluding hydrogens is 348 g/mol. The molecule has 1 aliphatic rings. The number of aryl methyl sites for hydroxylation is 3. The van der Waals surface area contributed by atoms with E-state index >= 15 is 0 Å². The van der Waals surface area contributed by atoms with Crippen LogP contribution >= 0.6 is 12.4 Å². The predicted molar refractivity (Wildman–Crippen MR) is 107 cm³/mol. The van der Waals surface area contributed by atoms with Crippen molar-refractivity contribution in [1.29, 1.82) is 0 Å². The summed E-state index contributed by atoms with van der Waals surface area (Å²) in [4.78, 5) is 12.9. The van der Waals surface area contributed by atoms with Crippen LogP contribution in [-0.2, 0) is 6.42 Å². The first-order chi connectivity index (χ1) is 12.0. The third kappa shape index (κ3) is 3.06. The summed E-state index contributed by atoms with van der Waals surface area (Å²) in [6.45, 7) is 3.93. The molecule has 1 heterocycles. The van der Waals surface area contributed by atoms with Gasteiger partial charge in [-0.2, -0.15) is 0 Å². The molecule has 2 aromatic carbocycles. The molecule has 0 saturated carbocycles. The van der Waals surface area contributed by atoms with Crippen molar-refractivity contribution in [2.45, 2.75) is 39.2 Å². The van der Waals surface area contributed by atoms with Crippen LogP contribution in [0.25, 0.3) is 11.0 Å². The number of hydrogen-bond donors (Lipinski definition) is 2. The SMILES string of the molecule is Cc1c(C(=O)NC2CCCc3cc(N)ccc32)oc2c(C)cccc12.Cl. The zero-order valence-electron chi connectivity index (χ0n) is 15.0. The number of anilines is 1. The van der Waals surface area contributed by atoms with Gasteiger partial charge >= 0.3 is 0 Å². The summed E-state index contributed by atoms with van der Waals surface area (Å²) in [6, 6.07) is 11.9. The summed E-state index contributed by atoms with van der Waals surface area (Å²) in [5, 5.41) is 4.16. The molecule has 1 atom stereocenters. The number of furan rings is 1. The first kappa shape index (κ1) is 18.3. The number of rotatable bonds is 2. The minimum absolute atomic E-state index is 0. The molecule has 5 heteroatoms. The minimum atomic E-state index is -0.150. The van der Waals surface area contributed by atoms with Gasteiger partial charge in [-0.15, -0.1) is 12.4 Å². The molecule has 3 N–H and O–H groups in total. The Balaban J connectivity index is 0.00000196. The number of amides is 1. The lowest BCUT2D eigenvalue weighted by molar-refractivity contribution is 0.0906. The fourth-order valence-electron chi connectivity index (χ4n) is 3.81. The summed E-state index contributed by atoms with van der Waals surface area (Å²) in [5.41, 5.74) is 11.8. The number of carbonyl (C=O) groups excluding carboxylic acids is 1. The molecule has 3 aromatic rings. The maximum Gasteiger partial charge on any atom is 0.287 e. The summed E-state index contributed by atoms with van der Waals surface area (Å²) in [5.74, 6) is 0.259. The molecule has 0 bridgehead atoms. The molecule has 0 spiro atoms. The Bertz CT molecular complexity index is 978. The van der Waals surface area contributed by atoms with E-state index in [0.29, 0.717) is 5.76 Å². The van der Waals surface area contributed by atoms with Crippen molar-refractivity contribution in [3.63, 3.8) is 0 Å². The molecule has 0 aliphatic heterocycles. The van der Waals surface area contributed by atoms with Crippen molar-refractivity contribution in [2.75, 3.05) is 5.73 Å². The van der Waals surface area contributed by atoms with Crippen LogP contribution in [0, 0.1) is 13.8 Å². The topological polar surface area (TPSA) is 68.3 Å². The van der Waals surface area contributed by atoms with E-state index in [2.05, 4.69) is 5.32 Å². The summed E-state index contributed by atoms with van der Waals surface area (Å²) in [6.07, 6.45) is 2.98. The van der Waals surface area contributed by atoms with Crippen molar-refractivity contribution in [1.82, 2.24) is 5.32 Å². The van der Waals surface area contributed by atoms with Crippen LogP contribution in [0.2, 0.25) is 0 Å². The predicted octanol–water partition coefficient (Wildman–Crippen LogP) is 4.86. The Morgan fingerprint density at radius 2 is 2.04 bits per heavy atom. The number of para-hydroxylation sites is 1. The van der Waals surface area contributed by atoms with Crippen LogP contribution in [-0.4, -0.2) is 5.91 Å². The highest BCUT2D eigenvalue weighted by atomic mass is 35.5. The summed E-state index contributed by atoms with van der Waals surface area (Å²) in [7, 11) is 0. The molecule has 1 amide bonds. The molecule has 4 nitrogen and oxygen atoms in total. The standard InChI is InChI=1S/C21H22N2O2.ClH/c1-12-5-3-7-16-13(2)20(25-19(12)16)21(24)23-18-8-4-6-14-11-15(22)9-10-17(14)18;/h3,5,7,9-11,18H,4,6,8,22H2,1-2H3,(H,23,24);1H. The van der Waals surface area contributed by atoms with E-state index in [1.54, 1.807) is 0 Å². The lowest BCUT2D eigenvalue weighted by Crippen LogP contribution is -2.31. The maximum atomic E-state index is 12.9. The van der Waals surface area contributed by atoms with Crippen molar-refractivity contribution in [3.05, 3.63) is 64.4 Å². The summed E-state index contributed by atoms with van der Waals surface area (Å²) < 4.78 is 5.91. The van der Waals surface area contributed by atoms with Gasteiger partial charge in [-0.3, -0.25) is 4.79 Å². The highest BCUT2D eigenvalue weighted by molar-refractivity contribution is 5.99. The zero-order valence-corrected chi connectivity index (χ0v) is 15.8. The van der Waals surface area contributed by atoms with Gasteiger partial charge in [0.2, 0.25) is 0 Å². The Labute approximate surface area is 159 Å². The number of hydrogen-bond acceptors (Lipinski definition) is 3. The van der Waals surface area contributed by atoms with Crippen LogP contribution in [0.1, 0.15) is 51.7 Å². The lowest BCUT2D eigenvalue weighted by Gasteiger charge is -2.26. The number of nitrogen functional groups attached to an aromatic ring is 1. The van der Waals surface area contributed by atoms with Gasteiger partial charge in [0.05, 0.1) is 6.04 Å². The average molecular weight is 371 g/mol. The van der Waals surface area contributed by atoms with Gasteiger partial charge in [0.25, 0.3) is 5.91 Å². The Kier molecular flexibility index (Phi) is 4.97. The minimum Gasteiger partial charge on any atom is -0.450 e. The maximum absolute atomic E-state index is 12.9. The van der Waals surface area contributed by atoms with Gasteiger partial charge in [0.15, 0.2) is 5.76 Å². The van der Waals surface area contributed by atoms with Crippen LogP contribution < -0.4 is 11.1 Å². The van der Waals surface area contributed by atoms with Gasteiger partial charge in [0, 0.05) is 16.6 Å². The van der Waals surface area contributed by atoms with E-state index in [9.17, 15) is 4.79 Å². The van der Waals surface area contributed by atoms with Crippen LogP contribution in [0.15, 0.2) is 40.8 Å². The van der Waals surface area contributed by atoms with Gasteiger partial charge < -0.3 is 15.5 Å². The first-order valence-corrected chi connectivity index (χ1v) is 8.72. The molecule has 0 fully saturated rings. The largest absolute Gasteiger partial charge is 0.450 e. The number of fused-ring (bicyclic) bond motifs is 2. The fraction of sp³-hybridized carbons (Fsp3) is 0.286. The van der Waals surface area contributed by atoms with E-state index < -0.39 is 0 Å². The van der Waals surface area contributed by atoms with Gasteiger partial charge in [-0.1, -0.05) is 24.3 Å². The van der Waals surface area contributed by atoms with E-state index in [1.807, 2.05) is 50.2 Å². The summed E-state index contributed by atoms with van der Waals surface area (Å²) >= 11 is 0. The second kappa shape index (κ2) is 7.04. The third-order valence-electron chi connectivity index (χ3n) is 5.15. The highest BCUT2D eigenvalue weighted by Gasteiger charge is 2.25. The first-order valence-electron chi connectivity index (χ1n) is 8.72. The Morgan fingerprint density at radius 1 is 1.23 bits per heavy atom. The Hall–Kier alpha value is -2.46. The molecule has 26 heavy (non-hydrogen) atoms. The molecule has 1 unspecified atom stereocenters. The van der Waals surface area contributed by atoms with Crippen molar-refractivity contribution in [2.24, 2.45) is 0 Å². The number of nitrogens with two attached hydrogens (primary N) is 1. The van der Waals surface area contributed by atoms with E-state index in [-0.39, 0.29) is 24.4 Å². The van der Waals surface area contributed by atoms with Crippen LogP contribution in [0.5, 0.6) is 0 Å². The number of carbonyl (C=O) groups is 1. The number of benzene rings is 2. The third-order valence-corrected chi connectivity index (χ3v) is 5.15. The van der Waals surface area contributed by atoms with Gasteiger partial charge in [-0.25, -0.2) is 0 Å². The van der Waals surface area contributed by atoms with Crippen molar-refractivity contribution < 1.29 is 9.21 Å². The second-order valence-electron chi connectivity index (χ2n) is 6.88.